The molecule has 1 fully saturated rings. The maximum atomic E-state index is 12.6. The smallest absolute Gasteiger partial charge is 0.293 e. The Kier molecular flexibility index (Phi) is 5.79. The van der Waals surface area contributed by atoms with Crippen molar-refractivity contribution in [1.29, 1.82) is 0 Å². The van der Waals surface area contributed by atoms with Gasteiger partial charge in [0, 0.05) is 38.1 Å². The largest absolute Gasteiger partial charge is 0.351 e. The number of rotatable bonds is 6. The monoisotopic (exact) mass is 292 g/mol. The quantitative estimate of drug-likeness (QED) is 0.869. The van der Waals surface area contributed by atoms with Gasteiger partial charge >= 0.3 is 0 Å². The summed E-state index contributed by atoms with van der Waals surface area (Å²) in [4.78, 5) is 19.0. The van der Waals surface area contributed by atoms with Crippen LogP contribution in [0.4, 0.5) is 5.82 Å². The van der Waals surface area contributed by atoms with E-state index in [4.69, 9.17) is 0 Å². The van der Waals surface area contributed by atoms with Gasteiger partial charge in [0.1, 0.15) is 0 Å². The molecule has 0 spiro atoms. The lowest BCUT2D eigenvalue weighted by atomic mass is 10.0. The molecule has 1 aromatic heterocycles. The molecule has 0 bridgehead atoms. The van der Waals surface area contributed by atoms with Crippen molar-refractivity contribution in [2.75, 3.05) is 24.5 Å². The summed E-state index contributed by atoms with van der Waals surface area (Å²) in [6.07, 6.45) is 7.25. The van der Waals surface area contributed by atoms with Crippen molar-refractivity contribution in [3.05, 3.63) is 22.7 Å². The maximum absolute atomic E-state index is 12.6. The highest BCUT2D eigenvalue weighted by Gasteiger charge is 2.19. The number of piperidine rings is 1. The molecule has 1 atom stereocenters. The normalized spacial score (nSPS) is 19.0. The maximum Gasteiger partial charge on any atom is 0.293 e. The summed E-state index contributed by atoms with van der Waals surface area (Å²) < 4.78 is 1.78. The third kappa shape index (κ3) is 4.30. The minimum Gasteiger partial charge on any atom is -0.351 e. The number of hydrogen-bond donors (Lipinski definition) is 1. The fourth-order valence-corrected chi connectivity index (χ4v) is 2.90. The highest BCUT2D eigenvalue weighted by atomic mass is 16.1. The molecule has 1 N–H and O–H groups in total. The fourth-order valence-electron chi connectivity index (χ4n) is 2.90. The van der Waals surface area contributed by atoms with Gasteiger partial charge in [-0.1, -0.05) is 20.3 Å². The van der Waals surface area contributed by atoms with Gasteiger partial charge in [-0.15, -0.1) is 0 Å². The van der Waals surface area contributed by atoms with Crippen molar-refractivity contribution in [2.45, 2.75) is 52.6 Å². The average Bonchev–Trinajstić information content (AvgIpc) is 2.48. The molecule has 1 unspecified atom stereocenters. The molecule has 1 aromatic rings. The Hall–Kier alpha value is -1.36. The van der Waals surface area contributed by atoms with Crippen LogP contribution in [0.5, 0.6) is 0 Å². The Labute approximate surface area is 127 Å². The number of nitrogens with one attached hydrogen (secondary N) is 1. The van der Waals surface area contributed by atoms with Crippen molar-refractivity contribution in [2.24, 2.45) is 5.92 Å². The number of aromatic nitrogens is 2. The van der Waals surface area contributed by atoms with Gasteiger partial charge in [0.2, 0.25) is 0 Å². The van der Waals surface area contributed by atoms with Crippen LogP contribution in [0.3, 0.4) is 0 Å². The van der Waals surface area contributed by atoms with Crippen LogP contribution in [-0.2, 0) is 6.54 Å². The molecule has 1 aliphatic heterocycles. The van der Waals surface area contributed by atoms with Gasteiger partial charge in [-0.3, -0.25) is 4.79 Å². The summed E-state index contributed by atoms with van der Waals surface area (Å²) in [5.41, 5.74) is 0.0314. The first-order chi connectivity index (χ1) is 10.1. The highest BCUT2D eigenvalue weighted by Crippen LogP contribution is 2.11. The standard InChI is InChI=1S/C16H28N4O/c1-4-19(12-14-7-5-6-8-17-14)15-16(21)20(10-9-18-15)11-13(2)3/h9-10,13-14,17H,4-8,11-12H2,1-3H3. The number of nitrogens with zero attached hydrogens (tertiary/aromatic N) is 3. The third-order valence-corrected chi connectivity index (χ3v) is 3.99. The van der Waals surface area contributed by atoms with E-state index in [1.54, 1.807) is 17.0 Å². The molecule has 0 amide bonds. The van der Waals surface area contributed by atoms with Crippen LogP contribution in [0, 0.1) is 5.92 Å². The molecule has 21 heavy (non-hydrogen) atoms. The van der Waals surface area contributed by atoms with Crippen LogP contribution >= 0.6 is 0 Å². The molecule has 0 aromatic carbocycles. The van der Waals surface area contributed by atoms with Gasteiger partial charge in [0.25, 0.3) is 5.56 Å². The minimum atomic E-state index is 0.0314. The van der Waals surface area contributed by atoms with Gasteiger partial charge < -0.3 is 14.8 Å². The van der Waals surface area contributed by atoms with E-state index in [1.807, 2.05) is 0 Å². The van der Waals surface area contributed by atoms with Crippen LogP contribution in [-0.4, -0.2) is 35.2 Å². The van der Waals surface area contributed by atoms with Crippen molar-refractivity contribution < 1.29 is 0 Å². The Morgan fingerprint density at radius 3 is 2.90 bits per heavy atom. The number of likely N-dealkylation sites (N-methyl/N-ethyl adjacent to an activating group) is 1. The van der Waals surface area contributed by atoms with E-state index in [1.165, 1.54) is 19.3 Å². The molecule has 1 saturated heterocycles. The van der Waals surface area contributed by atoms with Gasteiger partial charge in [0.15, 0.2) is 5.82 Å². The molecule has 0 radical (unpaired) electrons. The van der Waals surface area contributed by atoms with Crippen molar-refractivity contribution in [3.8, 4) is 0 Å². The van der Waals surface area contributed by atoms with Crippen molar-refractivity contribution in [1.82, 2.24) is 14.9 Å². The predicted octanol–water partition coefficient (Wildman–Crippen LogP) is 1.87. The molecule has 5 heteroatoms. The van der Waals surface area contributed by atoms with E-state index in [9.17, 15) is 4.79 Å². The van der Waals surface area contributed by atoms with Crippen molar-refractivity contribution >= 4 is 5.82 Å². The van der Waals surface area contributed by atoms with Crippen LogP contribution in [0.15, 0.2) is 17.2 Å². The summed E-state index contributed by atoms with van der Waals surface area (Å²) in [7, 11) is 0. The molecular weight excluding hydrogens is 264 g/mol. The SMILES string of the molecule is CCN(CC1CCCCN1)c1nccn(CC(C)C)c1=O. The van der Waals surface area contributed by atoms with Gasteiger partial charge in [-0.05, 0) is 32.2 Å². The highest BCUT2D eigenvalue weighted by molar-refractivity contribution is 5.35. The van der Waals surface area contributed by atoms with Gasteiger partial charge in [0.05, 0.1) is 0 Å². The molecule has 118 valence electrons. The number of hydrogen-bond acceptors (Lipinski definition) is 4. The van der Waals surface area contributed by atoms with E-state index in [0.717, 1.165) is 26.2 Å². The lowest BCUT2D eigenvalue weighted by Gasteiger charge is -2.30. The summed E-state index contributed by atoms with van der Waals surface area (Å²) in [5.74, 6) is 1.04. The van der Waals surface area contributed by atoms with Crippen molar-refractivity contribution in [3.63, 3.8) is 0 Å². The lowest BCUT2D eigenvalue weighted by Crippen LogP contribution is -2.45. The topological polar surface area (TPSA) is 50.2 Å². The molecule has 0 aliphatic carbocycles. The summed E-state index contributed by atoms with van der Waals surface area (Å²) >= 11 is 0. The Morgan fingerprint density at radius 2 is 2.29 bits per heavy atom. The summed E-state index contributed by atoms with van der Waals surface area (Å²) in [6, 6.07) is 0.471. The first-order valence-corrected chi connectivity index (χ1v) is 8.15. The van der Waals surface area contributed by atoms with Gasteiger partial charge in [-0.25, -0.2) is 4.98 Å². The van der Waals surface area contributed by atoms with E-state index in [-0.39, 0.29) is 5.56 Å². The Morgan fingerprint density at radius 1 is 1.48 bits per heavy atom. The predicted molar refractivity (Wildman–Crippen MR) is 86.9 cm³/mol. The second-order valence-electron chi connectivity index (χ2n) is 6.29. The van der Waals surface area contributed by atoms with Crippen LogP contribution in [0.1, 0.15) is 40.0 Å². The molecule has 5 nitrogen and oxygen atoms in total. The Balaban J connectivity index is 2.15. The average molecular weight is 292 g/mol. The van der Waals surface area contributed by atoms with E-state index in [0.29, 0.717) is 17.8 Å². The first kappa shape index (κ1) is 16.0. The van der Waals surface area contributed by atoms with E-state index in [2.05, 4.69) is 36.0 Å². The van der Waals surface area contributed by atoms with Crippen LogP contribution in [0.2, 0.25) is 0 Å². The first-order valence-electron chi connectivity index (χ1n) is 8.15. The Bertz CT molecular complexity index is 491. The molecular formula is C16H28N4O. The van der Waals surface area contributed by atoms with E-state index < -0.39 is 0 Å². The number of anilines is 1. The van der Waals surface area contributed by atoms with Crippen LogP contribution < -0.4 is 15.8 Å². The van der Waals surface area contributed by atoms with E-state index >= 15 is 0 Å². The zero-order valence-corrected chi connectivity index (χ0v) is 13.5. The second kappa shape index (κ2) is 7.59. The summed E-state index contributed by atoms with van der Waals surface area (Å²) in [6.45, 7) is 9.84. The molecule has 0 saturated carbocycles. The molecule has 2 heterocycles. The zero-order chi connectivity index (χ0) is 15.2. The summed E-state index contributed by atoms with van der Waals surface area (Å²) in [5, 5.41) is 3.54. The minimum absolute atomic E-state index is 0.0314. The van der Waals surface area contributed by atoms with Crippen LogP contribution in [0.25, 0.3) is 0 Å². The third-order valence-electron chi connectivity index (χ3n) is 3.99. The zero-order valence-electron chi connectivity index (χ0n) is 13.5. The lowest BCUT2D eigenvalue weighted by molar-refractivity contribution is 0.399. The second-order valence-corrected chi connectivity index (χ2v) is 6.29. The fraction of sp³-hybridized carbons (Fsp3) is 0.750. The molecule has 2 rings (SSSR count). The molecule has 1 aliphatic rings. The van der Waals surface area contributed by atoms with Gasteiger partial charge in [-0.2, -0.15) is 0 Å².